The van der Waals surface area contributed by atoms with Crippen molar-refractivity contribution in [2.45, 2.75) is 25.4 Å². The van der Waals surface area contributed by atoms with E-state index in [0.29, 0.717) is 18.8 Å². The van der Waals surface area contributed by atoms with Crippen molar-refractivity contribution in [2.24, 2.45) is 0 Å². The van der Waals surface area contributed by atoms with Gasteiger partial charge in [-0.2, -0.15) is 0 Å². The molecule has 5 nitrogen and oxygen atoms in total. The molecule has 1 aliphatic heterocycles. The summed E-state index contributed by atoms with van der Waals surface area (Å²) < 4.78 is 0. The summed E-state index contributed by atoms with van der Waals surface area (Å²) in [5, 5.41) is 9.91. The zero-order valence-electron chi connectivity index (χ0n) is 9.26. The molecule has 1 saturated heterocycles. The smallest absolute Gasteiger partial charge is 0.274 e. The molecule has 1 amide bonds. The van der Waals surface area contributed by atoms with Crippen molar-refractivity contribution < 1.29 is 9.90 Å². The number of nitrogens with zero attached hydrogens (tertiary/aromatic N) is 3. The van der Waals surface area contributed by atoms with Crippen LogP contribution in [0.15, 0.2) is 18.6 Å². The summed E-state index contributed by atoms with van der Waals surface area (Å²) >= 11 is 0. The second-order valence-corrected chi connectivity index (χ2v) is 4.42. The first-order valence-corrected chi connectivity index (χ1v) is 5.36. The lowest BCUT2D eigenvalue weighted by molar-refractivity contribution is -0.0109. The summed E-state index contributed by atoms with van der Waals surface area (Å²) in [4.78, 5) is 21.5. The Hall–Kier alpha value is -1.49. The highest BCUT2D eigenvalue weighted by Gasteiger charge is 2.31. The van der Waals surface area contributed by atoms with Gasteiger partial charge in [-0.1, -0.05) is 0 Å². The van der Waals surface area contributed by atoms with Crippen LogP contribution in [0.25, 0.3) is 0 Å². The van der Waals surface area contributed by atoms with Gasteiger partial charge in [0.1, 0.15) is 5.69 Å². The molecule has 2 heterocycles. The van der Waals surface area contributed by atoms with E-state index in [-0.39, 0.29) is 5.91 Å². The van der Waals surface area contributed by atoms with Crippen LogP contribution in [0.5, 0.6) is 0 Å². The number of carbonyl (C=O) groups excluding carboxylic acids is 1. The maximum atomic E-state index is 12.0. The molecule has 0 saturated carbocycles. The normalized spacial score (nSPS) is 25.5. The topological polar surface area (TPSA) is 66.3 Å². The van der Waals surface area contributed by atoms with E-state index in [9.17, 15) is 9.90 Å². The number of piperidine rings is 1. The first-order chi connectivity index (χ1) is 7.58. The van der Waals surface area contributed by atoms with Crippen LogP contribution >= 0.6 is 0 Å². The average Bonchev–Trinajstić information content (AvgIpc) is 2.28. The first-order valence-electron chi connectivity index (χ1n) is 5.36. The molecule has 0 bridgehead atoms. The van der Waals surface area contributed by atoms with Gasteiger partial charge in [0.05, 0.1) is 11.8 Å². The van der Waals surface area contributed by atoms with Crippen molar-refractivity contribution in [1.82, 2.24) is 14.9 Å². The maximum absolute atomic E-state index is 12.0. The predicted octanol–water partition coefficient (Wildman–Crippen LogP) is 0.464. The maximum Gasteiger partial charge on any atom is 0.274 e. The molecule has 5 heteroatoms. The fraction of sp³-hybridized carbons (Fsp3) is 0.545. The standard InChI is InChI=1S/C11H15N3O2/c1-11(16)3-2-6-14(8-11)10(15)9-7-12-4-5-13-9/h4-5,7,16H,2-3,6,8H2,1H3. The fourth-order valence-electron chi connectivity index (χ4n) is 1.96. The molecule has 0 spiro atoms. The van der Waals surface area contributed by atoms with Gasteiger partial charge in [0.15, 0.2) is 0 Å². The minimum Gasteiger partial charge on any atom is -0.388 e. The second-order valence-electron chi connectivity index (χ2n) is 4.42. The number of hydrogen-bond donors (Lipinski definition) is 1. The van der Waals surface area contributed by atoms with Crippen molar-refractivity contribution in [1.29, 1.82) is 0 Å². The van der Waals surface area contributed by atoms with Gasteiger partial charge in [0, 0.05) is 25.5 Å². The van der Waals surface area contributed by atoms with Gasteiger partial charge in [-0.3, -0.25) is 9.78 Å². The molecular weight excluding hydrogens is 206 g/mol. The predicted molar refractivity (Wildman–Crippen MR) is 57.8 cm³/mol. The Morgan fingerprint density at radius 3 is 3.00 bits per heavy atom. The number of amides is 1. The molecule has 0 aromatic carbocycles. The van der Waals surface area contributed by atoms with Crippen LogP contribution in [0.3, 0.4) is 0 Å². The van der Waals surface area contributed by atoms with Gasteiger partial charge in [-0.25, -0.2) is 4.98 Å². The Kier molecular flexibility index (Phi) is 2.87. The molecular formula is C11H15N3O2. The molecule has 1 N–H and O–H groups in total. The minimum absolute atomic E-state index is 0.159. The number of carbonyl (C=O) groups is 1. The molecule has 1 aromatic rings. The Morgan fingerprint density at radius 1 is 1.56 bits per heavy atom. The largest absolute Gasteiger partial charge is 0.388 e. The van der Waals surface area contributed by atoms with Crippen LogP contribution in [0, 0.1) is 0 Å². The lowest BCUT2D eigenvalue weighted by Gasteiger charge is -2.36. The molecule has 0 radical (unpaired) electrons. The quantitative estimate of drug-likeness (QED) is 0.748. The van der Waals surface area contributed by atoms with Gasteiger partial charge in [-0.05, 0) is 19.8 Å². The number of aliphatic hydroxyl groups is 1. The highest BCUT2D eigenvalue weighted by molar-refractivity contribution is 5.92. The number of hydrogen-bond acceptors (Lipinski definition) is 4. The van der Waals surface area contributed by atoms with E-state index in [4.69, 9.17) is 0 Å². The molecule has 0 aliphatic carbocycles. The van der Waals surface area contributed by atoms with Gasteiger partial charge >= 0.3 is 0 Å². The van der Waals surface area contributed by atoms with Gasteiger partial charge in [-0.15, -0.1) is 0 Å². The zero-order chi connectivity index (χ0) is 11.6. The number of rotatable bonds is 1. The van der Waals surface area contributed by atoms with Crippen molar-refractivity contribution in [2.75, 3.05) is 13.1 Å². The molecule has 1 aliphatic rings. The highest BCUT2D eigenvalue weighted by atomic mass is 16.3. The molecule has 2 rings (SSSR count). The number of aromatic nitrogens is 2. The summed E-state index contributed by atoms with van der Waals surface area (Å²) in [5.74, 6) is -0.159. The van der Waals surface area contributed by atoms with E-state index in [1.807, 2.05) is 0 Å². The van der Waals surface area contributed by atoms with Crippen LogP contribution in [0.4, 0.5) is 0 Å². The third-order valence-electron chi connectivity index (χ3n) is 2.74. The third-order valence-corrected chi connectivity index (χ3v) is 2.74. The Labute approximate surface area is 94.1 Å². The Morgan fingerprint density at radius 2 is 2.38 bits per heavy atom. The lowest BCUT2D eigenvalue weighted by atomic mass is 9.95. The van der Waals surface area contributed by atoms with Gasteiger partial charge in [0.2, 0.25) is 0 Å². The summed E-state index contributed by atoms with van der Waals surface area (Å²) in [6.07, 6.45) is 6.03. The fourth-order valence-corrected chi connectivity index (χ4v) is 1.96. The second kappa shape index (κ2) is 4.17. The van der Waals surface area contributed by atoms with E-state index in [1.54, 1.807) is 11.8 Å². The van der Waals surface area contributed by atoms with Crippen LogP contribution < -0.4 is 0 Å². The van der Waals surface area contributed by atoms with Gasteiger partial charge < -0.3 is 10.0 Å². The number of likely N-dealkylation sites (tertiary alicyclic amines) is 1. The van der Waals surface area contributed by atoms with E-state index in [0.717, 1.165) is 12.8 Å². The van der Waals surface area contributed by atoms with E-state index < -0.39 is 5.60 Å². The van der Waals surface area contributed by atoms with E-state index in [2.05, 4.69) is 9.97 Å². The Balaban J connectivity index is 2.11. The average molecular weight is 221 g/mol. The molecule has 1 atom stereocenters. The molecule has 1 fully saturated rings. The summed E-state index contributed by atoms with van der Waals surface area (Å²) in [6, 6.07) is 0. The SMILES string of the molecule is CC1(O)CCCN(C(=O)c2cnccn2)C1. The Bertz CT molecular complexity index is 378. The molecule has 1 unspecified atom stereocenters. The monoisotopic (exact) mass is 221 g/mol. The van der Waals surface area contributed by atoms with Crippen molar-refractivity contribution in [3.05, 3.63) is 24.3 Å². The number of β-amino-alcohol motifs (C(OH)–C–C–N with tert-alkyl or cyclic N) is 1. The molecule has 16 heavy (non-hydrogen) atoms. The summed E-state index contributed by atoms with van der Waals surface area (Å²) in [5.41, 5.74) is -0.448. The summed E-state index contributed by atoms with van der Waals surface area (Å²) in [6.45, 7) is 2.79. The first kappa shape index (κ1) is 11.0. The summed E-state index contributed by atoms with van der Waals surface area (Å²) in [7, 11) is 0. The van der Waals surface area contributed by atoms with Crippen LogP contribution in [0.1, 0.15) is 30.3 Å². The lowest BCUT2D eigenvalue weighted by Crippen LogP contribution is -2.48. The van der Waals surface area contributed by atoms with Crippen molar-refractivity contribution in [3.63, 3.8) is 0 Å². The van der Waals surface area contributed by atoms with Crippen LogP contribution in [-0.4, -0.2) is 44.6 Å². The van der Waals surface area contributed by atoms with E-state index in [1.165, 1.54) is 18.6 Å². The third kappa shape index (κ3) is 2.36. The van der Waals surface area contributed by atoms with Crippen molar-refractivity contribution in [3.8, 4) is 0 Å². The molecule has 1 aromatic heterocycles. The van der Waals surface area contributed by atoms with Gasteiger partial charge in [0.25, 0.3) is 5.91 Å². The van der Waals surface area contributed by atoms with Crippen molar-refractivity contribution >= 4 is 5.91 Å². The zero-order valence-corrected chi connectivity index (χ0v) is 9.26. The van der Waals surface area contributed by atoms with E-state index >= 15 is 0 Å². The van der Waals surface area contributed by atoms with Crippen LogP contribution in [-0.2, 0) is 0 Å². The van der Waals surface area contributed by atoms with Crippen LogP contribution in [0.2, 0.25) is 0 Å². The highest BCUT2D eigenvalue weighted by Crippen LogP contribution is 2.21. The minimum atomic E-state index is -0.782. The molecule has 86 valence electrons.